The van der Waals surface area contributed by atoms with Gasteiger partial charge in [-0.15, -0.1) is 0 Å². The van der Waals surface area contributed by atoms with Crippen molar-refractivity contribution in [1.29, 1.82) is 0 Å². The molecule has 0 heterocycles. The number of hydrogen-bond donors (Lipinski definition) is 2. The minimum atomic E-state index is -0.860. The number of ether oxygens (including phenoxy) is 2. The van der Waals surface area contributed by atoms with E-state index >= 15 is 0 Å². The lowest BCUT2D eigenvalue weighted by atomic mass is 10.2. The van der Waals surface area contributed by atoms with Crippen molar-refractivity contribution in [1.82, 2.24) is 0 Å². The van der Waals surface area contributed by atoms with E-state index in [1.54, 1.807) is 0 Å². The van der Waals surface area contributed by atoms with E-state index in [0.717, 1.165) is 0 Å². The number of hydrogen-bond acceptors (Lipinski definition) is 4. The highest BCUT2D eigenvalue weighted by Crippen LogP contribution is 2.47. The summed E-state index contributed by atoms with van der Waals surface area (Å²) in [5.41, 5.74) is 5.05. The molecule has 0 aliphatic heterocycles. The third kappa shape index (κ3) is 1.39. The first-order chi connectivity index (χ1) is 6.54. The Bertz CT molecular complexity index is 335. The van der Waals surface area contributed by atoms with Crippen LogP contribution in [0.4, 0.5) is 10.1 Å². The molecule has 0 aromatic heterocycles. The van der Waals surface area contributed by atoms with Gasteiger partial charge >= 0.3 is 0 Å². The highest BCUT2D eigenvalue weighted by Gasteiger charge is 2.23. The maximum Gasteiger partial charge on any atom is 0.208 e. The third-order valence-electron chi connectivity index (χ3n) is 1.71. The highest BCUT2D eigenvalue weighted by molar-refractivity contribution is 6.33. The second-order valence-corrected chi connectivity index (χ2v) is 2.83. The second kappa shape index (κ2) is 3.79. The molecule has 0 spiro atoms. The molecule has 6 heteroatoms. The summed E-state index contributed by atoms with van der Waals surface area (Å²) in [5, 5.41) is 9.04. The lowest BCUT2D eigenvalue weighted by molar-refractivity contribution is 0.320. The number of aromatic hydroxyl groups is 1. The average molecular weight is 222 g/mol. The Morgan fingerprint density at radius 3 is 2.21 bits per heavy atom. The molecule has 0 aliphatic carbocycles. The SMILES string of the molecule is COc1c(O)c(N)c(Cl)c(F)c1OC. The molecule has 0 aliphatic rings. The zero-order valence-corrected chi connectivity index (χ0v) is 8.35. The maximum atomic E-state index is 13.4. The molecule has 0 amide bonds. The second-order valence-electron chi connectivity index (χ2n) is 2.46. The van der Waals surface area contributed by atoms with Crippen LogP contribution < -0.4 is 15.2 Å². The molecular weight excluding hydrogens is 213 g/mol. The molecule has 0 fully saturated rings. The van der Waals surface area contributed by atoms with Gasteiger partial charge in [0.15, 0.2) is 11.6 Å². The fourth-order valence-electron chi connectivity index (χ4n) is 1.02. The summed E-state index contributed by atoms with van der Waals surface area (Å²) in [6.07, 6.45) is 0. The van der Waals surface area contributed by atoms with Gasteiger partial charge in [0.05, 0.1) is 14.2 Å². The van der Waals surface area contributed by atoms with Gasteiger partial charge < -0.3 is 20.3 Å². The van der Waals surface area contributed by atoms with Gasteiger partial charge in [-0.2, -0.15) is 0 Å². The largest absolute Gasteiger partial charge is 0.503 e. The highest BCUT2D eigenvalue weighted by atomic mass is 35.5. The summed E-state index contributed by atoms with van der Waals surface area (Å²) in [4.78, 5) is 0. The topological polar surface area (TPSA) is 64.7 Å². The Morgan fingerprint density at radius 1 is 1.29 bits per heavy atom. The van der Waals surface area contributed by atoms with E-state index in [9.17, 15) is 9.50 Å². The predicted molar refractivity (Wildman–Crippen MR) is 50.6 cm³/mol. The van der Waals surface area contributed by atoms with Crippen LogP contribution in [-0.4, -0.2) is 19.3 Å². The van der Waals surface area contributed by atoms with Crippen molar-refractivity contribution < 1.29 is 19.0 Å². The molecule has 14 heavy (non-hydrogen) atoms. The van der Waals surface area contributed by atoms with E-state index in [2.05, 4.69) is 4.74 Å². The number of nitrogen functional groups attached to an aromatic ring is 1. The van der Waals surface area contributed by atoms with E-state index in [-0.39, 0.29) is 22.2 Å². The zero-order valence-electron chi connectivity index (χ0n) is 7.60. The molecular formula is C8H9ClFNO3. The van der Waals surface area contributed by atoms with Crippen molar-refractivity contribution in [2.24, 2.45) is 0 Å². The van der Waals surface area contributed by atoms with Gasteiger partial charge in [-0.1, -0.05) is 11.6 Å². The molecule has 0 saturated carbocycles. The number of methoxy groups -OCH3 is 2. The lowest BCUT2D eigenvalue weighted by Gasteiger charge is -2.13. The minimum Gasteiger partial charge on any atom is -0.503 e. The van der Waals surface area contributed by atoms with Crippen LogP contribution in [0, 0.1) is 5.82 Å². The number of rotatable bonds is 2. The van der Waals surface area contributed by atoms with Gasteiger partial charge in [-0.05, 0) is 0 Å². The van der Waals surface area contributed by atoms with E-state index in [1.165, 1.54) is 14.2 Å². The quantitative estimate of drug-likeness (QED) is 0.590. The zero-order chi connectivity index (χ0) is 10.9. The summed E-state index contributed by atoms with van der Waals surface area (Å²) in [5.74, 6) is -1.74. The van der Waals surface area contributed by atoms with Crippen LogP contribution >= 0.6 is 11.6 Å². The van der Waals surface area contributed by atoms with Crippen molar-refractivity contribution in [3.05, 3.63) is 10.8 Å². The summed E-state index contributed by atoms with van der Waals surface area (Å²) in [6.45, 7) is 0. The summed E-state index contributed by atoms with van der Waals surface area (Å²) < 4.78 is 22.8. The Balaban J connectivity index is 3.57. The minimum absolute atomic E-state index is 0.174. The Hall–Kier alpha value is -1.36. The van der Waals surface area contributed by atoms with Gasteiger partial charge in [-0.25, -0.2) is 4.39 Å². The molecule has 3 N–H and O–H groups in total. The van der Waals surface area contributed by atoms with Crippen LogP contribution in [0.5, 0.6) is 17.2 Å². The summed E-state index contributed by atoms with van der Waals surface area (Å²) >= 11 is 5.50. The van der Waals surface area contributed by atoms with Crippen LogP contribution in [0.15, 0.2) is 0 Å². The molecule has 0 unspecified atom stereocenters. The molecule has 1 rings (SSSR count). The van der Waals surface area contributed by atoms with Crippen molar-refractivity contribution in [3.63, 3.8) is 0 Å². The van der Waals surface area contributed by atoms with Gasteiger partial charge in [0.25, 0.3) is 0 Å². The van der Waals surface area contributed by atoms with Crippen molar-refractivity contribution in [2.75, 3.05) is 20.0 Å². The molecule has 0 atom stereocenters. The van der Waals surface area contributed by atoms with Crippen molar-refractivity contribution in [2.45, 2.75) is 0 Å². The molecule has 0 saturated heterocycles. The number of anilines is 1. The standard InChI is InChI=1S/C8H9ClFNO3/c1-13-7-4(10)3(9)5(11)6(12)8(7)14-2/h12H,11H2,1-2H3. The molecule has 0 bridgehead atoms. The predicted octanol–water partition coefficient (Wildman–Crippen LogP) is 1.78. The third-order valence-corrected chi connectivity index (χ3v) is 2.08. The van der Waals surface area contributed by atoms with Crippen LogP contribution in [0.25, 0.3) is 0 Å². The Kier molecular flexibility index (Phi) is 2.90. The average Bonchev–Trinajstić information content (AvgIpc) is 2.20. The van der Waals surface area contributed by atoms with Crippen LogP contribution in [0.1, 0.15) is 0 Å². The van der Waals surface area contributed by atoms with E-state index in [0.29, 0.717) is 0 Å². The van der Waals surface area contributed by atoms with Crippen LogP contribution in [0.3, 0.4) is 0 Å². The molecule has 1 aromatic rings. The van der Waals surface area contributed by atoms with Gasteiger partial charge in [0, 0.05) is 0 Å². The fraction of sp³-hybridized carbons (Fsp3) is 0.250. The first-order valence-electron chi connectivity index (χ1n) is 3.61. The summed E-state index contributed by atoms with van der Waals surface area (Å²) in [7, 11) is 2.48. The van der Waals surface area contributed by atoms with Crippen molar-refractivity contribution in [3.8, 4) is 17.2 Å². The Labute approximate surface area is 85.0 Å². The lowest BCUT2D eigenvalue weighted by Crippen LogP contribution is -1.99. The smallest absolute Gasteiger partial charge is 0.208 e. The number of phenolic OH excluding ortho intramolecular Hbond substituents is 1. The normalized spacial score (nSPS) is 10.0. The number of nitrogens with two attached hydrogens (primary N) is 1. The fourth-order valence-corrected chi connectivity index (χ4v) is 1.20. The van der Waals surface area contributed by atoms with E-state index in [4.69, 9.17) is 22.1 Å². The summed E-state index contributed by atoms with van der Waals surface area (Å²) in [6, 6.07) is 0. The van der Waals surface area contributed by atoms with E-state index in [1.807, 2.05) is 0 Å². The van der Waals surface area contributed by atoms with Gasteiger partial charge in [0.2, 0.25) is 11.5 Å². The monoisotopic (exact) mass is 221 g/mol. The molecule has 0 radical (unpaired) electrons. The first kappa shape index (κ1) is 10.7. The number of phenols is 1. The maximum absolute atomic E-state index is 13.4. The van der Waals surface area contributed by atoms with Crippen LogP contribution in [-0.2, 0) is 0 Å². The number of benzene rings is 1. The van der Waals surface area contributed by atoms with Crippen molar-refractivity contribution >= 4 is 17.3 Å². The van der Waals surface area contributed by atoms with Gasteiger partial charge in [-0.3, -0.25) is 0 Å². The Morgan fingerprint density at radius 2 is 1.79 bits per heavy atom. The van der Waals surface area contributed by atoms with E-state index < -0.39 is 11.6 Å². The molecule has 78 valence electrons. The first-order valence-corrected chi connectivity index (χ1v) is 3.99. The van der Waals surface area contributed by atoms with Gasteiger partial charge in [0.1, 0.15) is 10.7 Å². The molecule has 4 nitrogen and oxygen atoms in total. The molecule has 1 aromatic carbocycles. The number of halogens is 2. The van der Waals surface area contributed by atoms with Crippen LogP contribution in [0.2, 0.25) is 5.02 Å².